The summed E-state index contributed by atoms with van der Waals surface area (Å²) in [4.78, 5) is 5.79. The fourth-order valence-corrected chi connectivity index (χ4v) is 13.7. The molecule has 4 nitrogen and oxygen atoms in total. The zero-order valence-corrected chi connectivity index (χ0v) is 33.9. The number of fused-ring (bicyclic) bond motifs is 8. The molecule has 4 heteroatoms. The van der Waals surface area contributed by atoms with Gasteiger partial charge in [0.25, 0.3) is 0 Å². The Morgan fingerprint density at radius 2 is 1.38 bits per heavy atom. The first-order valence-electron chi connectivity index (χ1n) is 22.1. The van der Waals surface area contributed by atoms with Crippen LogP contribution < -0.4 is 15.5 Å². The maximum Gasteiger partial charge on any atom is 0.0563 e. The number of rotatable bonds is 5. The van der Waals surface area contributed by atoms with Gasteiger partial charge in [0.05, 0.1) is 6.04 Å². The lowest BCUT2D eigenvalue weighted by Gasteiger charge is -2.61. The molecule has 9 atom stereocenters. The summed E-state index contributed by atoms with van der Waals surface area (Å²) in [5.74, 6) is 3.74. The lowest BCUT2D eigenvalue weighted by Crippen LogP contribution is -2.69. The van der Waals surface area contributed by atoms with Crippen molar-refractivity contribution in [2.45, 2.75) is 95.3 Å². The Morgan fingerprint density at radius 3 is 2.18 bits per heavy atom. The molecule has 7 aliphatic rings. The standard InChI is InChI=1S/C52H60N4/c1-51(2)44-13-9-8-12-40(44)41-24-23-39(29-45(41)51)55(37-19-14-34(15-20-37)33-10-6-5-7-11-33)38-21-16-35(17-22-38)36-18-25-48-42(28-36)43-30-54-32-47-50(43)56(48)49-26-27-53-31-46(49)52(47,3)4/h5-17,19-22,24,29,36,39,42-43,46-50,53-54H,18,23,25-28,30-32H2,1-4H3. The van der Waals surface area contributed by atoms with E-state index in [2.05, 4.69) is 163 Å². The van der Waals surface area contributed by atoms with E-state index in [0.717, 1.165) is 48.2 Å². The van der Waals surface area contributed by atoms with Crippen LogP contribution in [0.25, 0.3) is 16.7 Å². The van der Waals surface area contributed by atoms with E-state index in [9.17, 15) is 0 Å². The molecule has 0 radical (unpaired) electrons. The Hall–Kier alpha value is -3.96. The van der Waals surface area contributed by atoms with Crippen molar-refractivity contribution in [2.75, 3.05) is 31.1 Å². The number of piperidine rings is 3. The van der Waals surface area contributed by atoms with Crippen molar-refractivity contribution in [2.24, 2.45) is 29.1 Å². The monoisotopic (exact) mass is 740 g/mol. The summed E-state index contributed by atoms with van der Waals surface area (Å²) < 4.78 is 0. The van der Waals surface area contributed by atoms with Gasteiger partial charge >= 0.3 is 0 Å². The summed E-state index contributed by atoms with van der Waals surface area (Å²) >= 11 is 0. The predicted molar refractivity (Wildman–Crippen MR) is 232 cm³/mol. The van der Waals surface area contributed by atoms with E-state index >= 15 is 0 Å². The molecule has 0 aromatic heterocycles. The topological polar surface area (TPSA) is 30.5 Å². The van der Waals surface area contributed by atoms with Crippen LogP contribution in [-0.4, -0.2) is 55.2 Å². The fourth-order valence-electron chi connectivity index (χ4n) is 13.7. The molecule has 11 rings (SSSR count). The van der Waals surface area contributed by atoms with Gasteiger partial charge in [0, 0.05) is 34.9 Å². The number of allylic oxidation sites excluding steroid dienone is 2. The molecule has 4 aromatic rings. The molecule has 9 unspecified atom stereocenters. The van der Waals surface area contributed by atoms with Crippen LogP contribution in [0.2, 0.25) is 0 Å². The first-order valence-corrected chi connectivity index (χ1v) is 22.1. The summed E-state index contributed by atoms with van der Waals surface area (Å²) in [6.45, 7) is 14.8. The highest BCUT2D eigenvalue weighted by atomic mass is 15.3. The first kappa shape index (κ1) is 35.2. The van der Waals surface area contributed by atoms with Crippen LogP contribution in [0.1, 0.15) is 82.4 Å². The third-order valence-electron chi connectivity index (χ3n) is 16.5. The van der Waals surface area contributed by atoms with Crippen LogP contribution >= 0.6 is 0 Å². The zero-order valence-electron chi connectivity index (χ0n) is 33.9. The third kappa shape index (κ3) is 5.35. The van der Waals surface area contributed by atoms with E-state index in [0.29, 0.717) is 11.3 Å². The van der Waals surface area contributed by atoms with Crippen molar-refractivity contribution in [3.63, 3.8) is 0 Å². The second-order valence-electron chi connectivity index (χ2n) is 19.6. The van der Waals surface area contributed by atoms with Gasteiger partial charge in [0.2, 0.25) is 0 Å². The Balaban J connectivity index is 0.900. The average molecular weight is 741 g/mol. The van der Waals surface area contributed by atoms with Gasteiger partial charge in [-0.3, -0.25) is 4.90 Å². The third-order valence-corrected chi connectivity index (χ3v) is 16.5. The summed E-state index contributed by atoms with van der Waals surface area (Å²) in [5, 5.41) is 7.80. The summed E-state index contributed by atoms with van der Waals surface area (Å²) in [6.07, 6.45) is 11.5. The van der Waals surface area contributed by atoms with E-state index in [1.165, 1.54) is 96.6 Å². The molecule has 0 spiro atoms. The highest BCUT2D eigenvalue weighted by Crippen LogP contribution is 2.60. The largest absolute Gasteiger partial charge is 0.334 e. The molecule has 0 bridgehead atoms. The Kier molecular flexibility index (Phi) is 8.36. The quantitative estimate of drug-likeness (QED) is 0.213. The summed E-state index contributed by atoms with van der Waals surface area (Å²) in [5.41, 5.74) is 12.8. The van der Waals surface area contributed by atoms with Crippen LogP contribution in [0.5, 0.6) is 0 Å². The van der Waals surface area contributed by atoms with Crippen molar-refractivity contribution in [3.8, 4) is 11.1 Å². The van der Waals surface area contributed by atoms with Crippen molar-refractivity contribution < 1.29 is 0 Å². The Bertz CT molecular complexity index is 2160. The second-order valence-corrected chi connectivity index (χ2v) is 19.6. The Morgan fingerprint density at radius 1 is 0.661 bits per heavy atom. The molecule has 2 N–H and O–H groups in total. The zero-order chi connectivity index (χ0) is 37.8. The minimum atomic E-state index is -0.0145. The molecule has 0 amide bonds. The molecule has 3 aliphatic carbocycles. The molecule has 4 heterocycles. The van der Waals surface area contributed by atoms with Crippen LogP contribution in [0.3, 0.4) is 0 Å². The lowest BCUT2D eigenvalue weighted by molar-refractivity contribution is -0.113. The van der Waals surface area contributed by atoms with Crippen molar-refractivity contribution in [3.05, 3.63) is 138 Å². The van der Waals surface area contributed by atoms with Gasteiger partial charge in [0.15, 0.2) is 0 Å². The average Bonchev–Trinajstić information content (AvgIpc) is 3.69. The minimum absolute atomic E-state index is 0.0145. The highest BCUT2D eigenvalue weighted by molar-refractivity contribution is 5.91. The molecule has 4 aromatic carbocycles. The van der Waals surface area contributed by atoms with E-state index in [1.54, 1.807) is 5.56 Å². The fraction of sp³-hybridized carbons (Fsp3) is 0.462. The van der Waals surface area contributed by atoms with Gasteiger partial charge in [-0.15, -0.1) is 0 Å². The number of nitrogens with zero attached hydrogens (tertiary/aromatic N) is 2. The van der Waals surface area contributed by atoms with Crippen molar-refractivity contribution in [1.29, 1.82) is 0 Å². The molecule has 4 saturated heterocycles. The molecule has 4 aliphatic heterocycles. The van der Waals surface area contributed by atoms with Crippen LogP contribution in [0.4, 0.5) is 11.4 Å². The minimum Gasteiger partial charge on any atom is -0.334 e. The van der Waals surface area contributed by atoms with Gasteiger partial charge in [-0.05, 0) is 157 Å². The van der Waals surface area contributed by atoms with Crippen LogP contribution in [0, 0.1) is 29.1 Å². The van der Waals surface area contributed by atoms with Crippen molar-refractivity contribution >= 4 is 16.9 Å². The molecular formula is C52H60N4. The maximum absolute atomic E-state index is 3.99. The van der Waals surface area contributed by atoms with E-state index in [1.807, 2.05) is 0 Å². The SMILES string of the molecule is CC1(C)C2=CC(N(c3ccc(-c4ccccc4)cc3)c3ccc(C4CCC5C(C4)C4CNCC6C4N5C4CCNCC4C6(C)C)cc3)CC=C2c2ccccc21. The predicted octanol–water partition coefficient (Wildman–Crippen LogP) is 10.4. The normalized spacial score (nSPS) is 33.5. The second kappa shape index (κ2) is 13.3. The van der Waals surface area contributed by atoms with Crippen molar-refractivity contribution in [1.82, 2.24) is 15.5 Å². The number of benzene rings is 4. The Labute approximate surface area is 335 Å². The number of hydrogen-bond donors (Lipinski definition) is 2. The number of nitrogens with one attached hydrogen (secondary N) is 2. The van der Waals surface area contributed by atoms with E-state index < -0.39 is 0 Å². The number of anilines is 2. The number of hydrogen-bond acceptors (Lipinski definition) is 4. The molecule has 5 fully saturated rings. The smallest absolute Gasteiger partial charge is 0.0563 e. The molecule has 56 heavy (non-hydrogen) atoms. The first-order chi connectivity index (χ1) is 27.3. The molecular weight excluding hydrogens is 681 g/mol. The van der Waals surface area contributed by atoms with Gasteiger partial charge < -0.3 is 15.5 Å². The van der Waals surface area contributed by atoms with Gasteiger partial charge in [-0.2, -0.15) is 0 Å². The van der Waals surface area contributed by atoms with E-state index in [4.69, 9.17) is 0 Å². The van der Waals surface area contributed by atoms with Crippen LogP contribution in [-0.2, 0) is 5.41 Å². The maximum atomic E-state index is 3.99. The van der Waals surface area contributed by atoms with E-state index in [-0.39, 0.29) is 11.5 Å². The lowest BCUT2D eigenvalue weighted by atomic mass is 9.57. The van der Waals surface area contributed by atoms with Gasteiger partial charge in [-0.1, -0.05) is 119 Å². The summed E-state index contributed by atoms with van der Waals surface area (Å²) in [7, 11) is 0. The van der Waals surface area contributed by atoms with Crippen LogP contribution in [0.15, 0.2) is 121 Å². The highest BCUT2D eigenvalue weighted by Gasteiger charge is 2.64. The van der Waals surface area contributed by atoms with Gasteiger partial charge in [-0.25, -0.2) is 0 Å². The van der Waals surface area contributed by atoms with Gasteiger partial charge in [0.1, 0.15) is 0 Å². The summed E-state index contributed by atoms with van der Waals surface area (Å²) in [6, 6.07) is 41.6. The molecule has 1 saturated carbocycles. The molecule has 288 valence electrons.